The molecule has 1 unspecified atom stereocenters. The Kier molecular flexibility index (Phi) is 7.09. The molecule has 1 atom stereocenters. The van der Waals surface area contributed by atoms with Gasteiger partial charge in [0.15, 0.2) is 0 Å². The van der Waals surface area contributed by atoms with Crippen LogP contribution in [0.1, 0.15) is 17.7 Å². The summed E-state index contributed by atoms with van der Waals surface area (Å²) in [5, 5.41) is 18.5. The molecule has 2 saturated heterocycles. The maximum Gasteiger partial charge on any atom is 0.490 e. The normalized spacial score (nSPS) is 22.9. The van der Waals surface area contributed by atoms with Crippen LogP contribution in [0.4, 0.5) is 18.3 Å². The van der Waals surface area contributed by atoms with E-state index in [0.717, 1.165) is 57.3 Å². The molecule has 1 N–H and O–H groups in total. The van der Waals surface area contributed by atoms with Crippen molar-refractivity contribution in [1.29, 1.82) is 0 Å². The number of rotatable bonds is 3. The Morgan fingerprint density at radius 1 is 1.31 bits per heavy atom. The van der Waals surface area contributed by atoms with Crippen molar-refractivity contribution in [3.05, 3.63) is 27.9 Å². The average Bonchev–Trinajstić information content (AvgIpc) is 3.35. The van der Waals surface area contributed by atoms with E-state index in [-0.39, 0.29) is 5.60 Å². The minimum atomic E-state index is -5.08. The Bertz CT molecular complexity index is 769. The van der Waals surface area contributed by atoms with E-state index in [1.807, 2.05) is 11.3 Å². The van der Waals surface area contributed by atoms with Crippen molar-refractivity contribution in [1.82, 2.24) is 15.1 Å². The van der Waals surface area contributed by atoms with E-state index in [4.69, 9.17) is 14.6 Å². The summed E-state index contributed by atoms with van der Waals surface area (Å²) in [6, 6.07) is 4.36. The van der Waals surface area contributed by atoms with Crippen molar-refractivity contribution in [2.24, 2.45) is 0 Å². The molecule has 2 aromatic rings. The molecule has 0 aliphatic carbocycles. The number of thiophene rings is 1. The maximum atomic E-state index is 10.6. The number of piperidine rings is 1. The Balaban J connectivity index is 0.000000298. The van der Waals surface area contributed by atoms with Crippen LogP contribution < -0.4 is 4.90 Å². The number of carbonyl (C=O) groups is 1. The number of anilines is 1. The molecule has 0 radical (unpaired) electrons. The van der Waals surface area contributed by atoms with Gasteiger partial charge in [0.05, 0.1) is 18.8 Å². The molecule has 0 amide bonds. The molecule has 12 heteroatoms. The van der Waals surface area contributed by atoms with Crippen LogP contribution in [0.15, 0.2) is 23.0 Å². The summed E-state index contributed by atoms with van der Waals surface area (Å²) in [5.74, 6) is -2.76. The zero-order valence-electron chi connectivity index (χ0n) is 15.5. The van der Waals surface area contributed by atoms with Crippen LogP contribution in [0.5, 0.6) is 0 Å². The molecular formula is C17H21F3N4O3S2. The molecule has 160 valence electrons. The summed E-state index contributed by atoms with van der Waals surface area (Å²) >= 11 is 3.46. The third-order valence-corrected chi connectivity index (χ3v) is 6.30. The van der Waals surface area contributed by atoms with Crippen molar-refractivity contribution in [2.75, 3.05) is 37.7 Å². The second kappa shape index (κ2) is 9.37. The number of aliphatic carboxylic acids is 1. The minimum Gasteiger partial charge on any atom is -0.475 e. The molecule has 0 aromatic carbocycles. The minimum absolute atomic E-state index is 0.0422. The zero-order valence-corrected chi connectivity index (χ0v) is 17.1. The molecule has 29 heavy (non-hydrogen) atoms. The summed E-state index contributed by atoms with van der Waals surface area (Å²) in [6.45, 7) is 5.91. The van der Waals surface area contributed by atoms with Crippen LogP contribution in [0.2, 0.25) is 0 Å². The lowest BCUT2D eigenvalue weighted by Crippen LogP contribution is -2.59. The van der Waals surface area contributed by atoms with Crippen LogP contribution in [0, 0.1) is 0 Å². The van der Waals surface area contributed by atoms with E-state index in [0.29, 0.717) is 0 Å². The van der Waals surface area contributed by atoms with Gasteiger partial charge in [-0.05, 0) is 24.3 Å². The van der Waals surface area contributed by atoms with Crippen LogP contribution in [-0.2, 0) is 16.1 Å². The number of ether oxygens (including phenoxy) is 1. The molecule has 0 saturated carbocycles. The van der Waals surface area contributed by atoms with Crippen molar-refractivity contribution in [3.8, 4) is 0 Å². The highest BCUT2D eigenvalue weighted by molar-refractivity contribution is 7.13. The molecule has 2 fully saturated rings. The molecule has 2 aliphatic heterocycles. The van der Waals surface area contributed by atoms with E-state index >= 15 is 0 Å². The van der Waals surface area contributed by atoms with Crippen molar-refractivity contribution in [2.45, 2.75) is 31.2 Å². The van der Waals surface area contributed by atoms with Gasteiger partial charge in [-0.3, -0.25) is 4.90 Å². The topological polar surface area (TPSA) is 78.8 Å². The molecular weight excluding hydrogens is 429 g/mol. The van der Waals surface area contributed by atoms with Crippen molar-refractivity contribution in [3.63, 3.8) is 0 Å². The zero-order chi connectivity index (χ0) is 20.9. The third kappa shape index (κ3) is 6.11. The number of carboxylic acids is 1. The largest absolute Gasteiger partial charge is 0.490 e. The fraction of sp³-hybridized carbons (Fsp3) is 0.588. The number of nitrogens with zero attached hydrogens (tertiary/aromatic N) is 4. The van der Waals surface area contributed by atoms with E-state index in [1.54, 1.807) is 16.8 Å². The smallest absolute Gasteiger partial charge is 0.475 e. The van der Waals surface area contributed by atoms with Gasteiger partial charge >= 0.3 is 12.1 Å². The monoisotopic (exact) mass is 450 g/mol. The first-order valence-electron chi connectivity index (χ1n) is 8.97. The van der Waals surface area contributed by atoms with Gasteiger partial charge in [-0.1, -0.05) is 17.4 Å². The number of hydrogen-bond acceptors (Lipinski definition) is 8. The second-order valence-electron chi connectivity index (χ2n) is 6.87. The van der Waals surface area contributed by atoms with E-state index in [1.165, 1.54) is 4.88 Å². The van der Waals surface area contributed by atoms with E-state index in [9.17, 15) is 13.2 Å². The van der Waals surface area contributed by atoms with Gasteiger partial charge in [0.1, 0.15) is 5.51 Å². The highest BCUT2D eigenvalue weighted by atomic mass is 32.1. The predicted molar refractivity (Wildman–Crippen MR) is 103 cm³/mol. The van der Waals surface area contributed by atoms with Gasteiger partial charge in [-0.25, -0.2) is 4.79 Å². The van der Waals surface area contributed by atoms with Gasteiger partial charge in [-0.2, -0.15) is 13.2 Å². The SMILES string of the molecule is O=C(O)C(F)(F)F.c1csc(CN2CCOC3(CCCN(c4nncs4)C3)C2)c1. The lowest BCUT2D eigenvalue weighted by molar-refractivity contribution is -0.192. The molecule has 4 heterocycles. The molecule has 1 spiro atoms. The summed E-state index contributed by atoms with van der Waals surface area (Å²) in [4.78, 5) is 15.2. The summed E-state index contributed by atoms with van der Waals surface area (Å²) in [7, 11) is 0. The first kappa shape index (κ1) is 21.9. The standard InChI is InChI=1S/C15H20N4OS2.C2HF3O2/c1-3-13(21-8-1)9-18-6-7-20-15(10-18)4-2-5-19(11-15)14-17-16-12-22-14;3-2(4,5)1(6)7/h1,3,8,12H,2,4-7,9-11H2;(H,6,7). The highest BCUT2D eigenvalue weighted by Gasteiger charge is 2.41. The van der Waals surface area contributed by atoms with Crippen LogP contribution in [0.3, 0.4) is 0 Å². The fourth-order valence-corrected chi connectivity index (χ4v) is 4.83. The third-order valence-electron chi connectivity index (χ3n) is 4.69. The number of halogens is 3. The Labute approximate surface area is 173 Å². The van der Waals surface area contributed by atoms with Crippen molar-refractivity contribution < 1.29 is 27.8 Å². The molecule has 7 nitrogen and oxygen atoms in total. The summed E-state index contributed by atoms with van der Waals surface area (Å²) in [5.41, 5.74) is 1.76. The van der Waals surface area contributed by atoms with Gasteiger partial charge < -0.3 is 14.7 Å². The van der Waals surface area contributed by atoms with Gasteiger partial charge in [-0.15, -0.1) is 21.5 Å². The van der Waals surface area contributed by atoms with Crippen LogP contribution in [-0.4, -0.2) is 70.7 Å². The number of morpholine rings is 1. The first-order chi connectivity index (χ1) is 13.8. The molecule has 0 bridgehead atoms. The number of alkyl halides is 3. The van der Waals surface area contributed by atoms with Gasteiger partial charge in [0, 0.05) is 31.1 Å². The molecule has 2 aromatic heterocycles. The predicted octanol–water partition coefficient (Wildman–Crippen LogP) is 3.10. The lowest BCUT2D eigenvalue weighted by atomic mass is 9.91. The van der Waals surface area contributed by atoms with Crippen molar-refractivity contribution >= 4 is 33.8 Å². The van der Waals surface area contributed by atoms with Gasteiger partial charge in [0.25, 0.3) is 0 Å². The summed E-state index contributed by atoms with van der Waals surface area (Å²) in [6.07, 6.45) is -2.78. The lowest BCUT2D eigenvalue weighted by Gasteiger charge is -2.48. The highest BCUT2D eigenvalue weighted by Crippen LogP contribution is 2.32. The van der Waals surface area contributed by atoms with Crippen LogP contribution in [0.25, 0.3) is 0 Å². The average molecular weight is 451 g/mol. The molecule has 4 rings (SSSR count). The van der Waals surface area contributed by atoms with Crippen LogP contribution >= 0.6 is 22.7 Å². The fourth-order valence-electron chi connectivity index (χ4n) is 3.49. The number of hydrogen-bond donors (Lipinski definition) is 1. The quantitative estimate of drug-likeness (QED) is 0.770. The number of carboxylic acid groups (broad SMARTS) is 1. The first-order valence-corrected chi connectivity index (χ1v) is 10.7. The van der Waals surface area contributed by atoms with E-state index < -0.39 is 12.1 Å². The second-order valence-corrected chi connectivity index (χ2v) is 8.71. The summed E-state index contributed by atoms with van der Waals surface area (Å²) < 4.78 is 38.0. The Morgan fingerprint density at radius 3 is 2.72 bits per heavy atom. The maximum absolute atomic E-state index is 10.6. The Hall–Kier alpha value is -1.76. The Morgan fingerprint density at radius 2 is 2.10 bits per heavy atom. The molecule has 2 aliphatic rings. The van der Waals surface area contributed by atoms with E-state index in [2.05, 4.69) is 37.5 Å². The number of aromatic nitrogens is 2. The van der Waals surface area contributed by atoms with Gasteiger partial charge in [0.2, 0.25) is 5.13 Å².